The molecule has 96 valence electrons. The molecule has 0 saturated heterocycles. The van der Waals surface area contributed by atoms with Crippen LogP contribution in [0.1, 0.15) is 24.2 Å². The maximum Gasteiger partial charge on any atom is 0.299 e. The second kappa shape index (κ2) is 4.67. The number of amides is 1. The molecule has 0 aromatic heterocycles. The van der Waals surface area contributed by atoms with Gasteiger partial charge in [-0.3, -0.25) is 9.59 Å². The van der Waals surface area contributed by atoms with E-state index >= 15 is 0 Å². The average Bonchev–Trinajstić information content (AvgIpc) is 2.56. The molecule has 0 bridgehead atoms. The molecule has 5 heteroatoms. The monoisotopic (exact) mass is 329 g/mol. The smallest absolute Gasteiger partial charge is 0.299 e. The minimum atomic E-state index is -0.493. The number of carbonyl (C=O) groups is 2. The van der Waals surface area contributed by atoms with Gasteiger partial charge in [-0.15, -0.1) is 0 Å². The predicted molar refractivity (Wildman–Crippen MR) is 75.7 cm³/mol. The number of hydrogen-bond donors (Lipinski definition) is 0. The van der Waals surface area contributed by atoms with E-state index in [1.54, 1.807) is 18.2 Å². The first-order chi connectivity index (χ1) is 8.37. The van der Waals surface area contributed by atoms with Crippen LogP contribution in [0, 0.1) is 5.41 Å². The molecule has 1 aliphatic rings. The van der Waals surface area contributed by atoms with E-state index in [-0.39, 0.29) is 5.41 Å². The van der Waals surface area contributed by atoms with Crippen molar-refractivity contribution < 1.29 is 9.59 Å². The fourth-order valence-electron chi connectivity index (χ4n) is 1.93. The van der Waals surface area contributed by atoms with E-state index in [9.17, 15) is 9.59 Å². The molecule has 0 spiro atoms. The normalized spacial score (nSPS) is 15.2. The first-order valence-corrected chi connectivity index (χ1v) is 7.08. The van der Waals surface area contributed by atoms with Gasteiger partial charge in [0, 0.05) is 11.9 Å². The summed E-state index contributed by atoms with van der Waals surface area (Å²) in [7, 11) is 0. The third-order valence-corrected chi connectivity index (χ3v) is 4.71. The summed E-state index contributed by atoms with van der Waals surface area (Å²) < 4.78 is 0. The molecule has 1 heterocycles. The number of benzene rings is 1. The molecule has 0 N–H and O–H groups in total. The van der Waals surface area contributed by atoms with Crippen molar-refractivity contribution in [3.05, 3.63) is 28.8 Å². The zero-order valence-electron chi connectivity index (χ0n) is 10.2. The summed E-state index contributed by atoms with van der Waals surface area (Å²) in [5.41, 5.74) is 0.817. The summed E-state index contributed by atoms with van der Waals surface area (Å²) in [4.78, 5) is 25.4. The summed E-state index contributed by atoms with van der Waals surface area (Å²) in [6, 6.07) is 5.02. The lowest BCUT2D eigenvalue weighted by Gasteiger charge is -2.28. The number of carbonyl (C=O) groups excluding carboxylic acids is 2. The Labute approximate surface area is 119 Å². The lowest BCUT2D eigenvalue weighted by molar-refractivity contribution is -0.114. The Morgan fingerprint density at radius 3 is 2.61 bits per heavy atom. The maximum absolute atomic E-state index is 12.0. The number of alkyl halides is 1. The van der Waals surface area contributed by atoms with Gasteiger partial charge < -0.3 is 4.90 Å². The maximum atomic E-state index is 12.0. The number of halogens is 2. The zero-order chi connectivity index (χ0) is 13.5. The highest BCUT2D eigenvalue weighted by Gasteiger charge is 2.39. The van der Waals surface area contributed by atoms with Crippen molar-refractivity contribution in [2.75, 3.05) is 16.8 Å². The second-order valence-corrected chi connectivity index (χ2v) is 6.12. The standard InChI is InChI=1S/C13H13BrClNO2/c1-13(2,6-14)7-16-10-8(11(17)12(16)18)4-3-5-9(10)15/h3-5H,6-7H2,1-2H3. The van der Waals surface area contributed by atoms with Crippen LogP contribution in [-0.4, -0.2) is 23.6 Å². The molecular formula is C13H13BrClNO2. The van der Waals surface area contributed by atoms with Crippen LogP contribution in [0.15, 0.2) is 18.2 Å². The van der Waals surface area contributed by atoms with Gasteiger partial charge in [-0.25, -0.2) is 0 Å². The Morgan fingerprint density at radius 1 is 1.33 bits per heavy atom. The Kier molecular flexibility index (Phi) is 3.52. The van der Waals surface area contributed by atoms with Crippen LogP contribution in [-0.2, 0) is 4.79 Å². The number of Topliss-reactive ketones (excluding diaryl/α,β-unsaturated/α-hetero) is 1. The van der Waals surface area contributed by atoms with Gasteiger partial charge in [-0.2, -0.15) is 0 Å². The average molecular weight is 331 g/mol. The number of rotatable bonds is 3. The number of nitrogens with zero attached hydrogens (tertiary/aromatic N) is 1. The third kappa shape index (κ3) is 2.19. The SMILES string of the molecule is CC(C)(CBr)CN1C(=O)C(=O)c2cccc(Cl)c21. The molecule has 0 unspecified atom stereocenters. The summed E-state index contributed by atoms with van der Waals surface area (Å²) >= 11 is 9.53. The van der Waals surface area contributed by atoms with E-state index in [1.807, 2.05) is 13.8 Å². The lowest BCUT2D eigenvalue weighted by atomic mass is 9.96. The van der Waals surface area contributed by atoms with Gasteiger partial charge in [0.2, 0.25) is 0 Å². The van der Waals surface area contributed by atoms with Crippen LogP contribution >= 0.6 is 27.5 Å². The van der Waals surface area contributed by atoms with E-state index in [2.05, 4.69) is 15.9 Å². The summed E-state index contributed by atoms with van der Waals surface area (Å²) in [6.45, 7) is 4.50. The Hall–Kier alpha value is -0.870. The van der Waals surface area contributed by atoms with Crippen LogP contribution in [0.5, 0.6) is 0 Å². The molecule has 18 heavy (non-hydrogen) atoms. The minimum Gasteiger partial charge on any atom is -0.303 e. The quantitative estimate of drug-likeness (QED) is 0.630. The first-order valence-electron chi connectivity index (χ1n) is 5.58. The Balaban J connectivity index is 2.46. The molecule has 0 fully saturated rings. The van der Waals surface area contributed by atoms with Crippen molar-refractivity contribution >= 4 is 44.9 Å². The van der Waals surface area contributed by atoms with E-state index in [0.717, 1.165) is 5.33 Å². The van der Waals surface area contributed by atoms with Crippen molar-refractivity contribution in [1.29, 1.82) is 0 Å². The molecule has 0 aliphatic carbocycles. The molecule has 0 atom stereocenters. The van der Waals surface area contributed by atoms with Gasteiger partial charge in [0.25, 0.3) is 11.7 Å². The molecule has 1 amide bonds. The van der Waals surface area contributed by atoms with Gasteiger partial charge in [0.05, 0.1) is 16.3 Å². The van der Waals surface area contributed by atoms with Gasteiger partial charge in [0.15, 0.2) is 0 Å². The van der Waals surface area contributed by atoms with E-state index < -0.39 is 11.7 Å². The van der Waals surface area contributed by atoms with Gasteiger partial charge >= 0.3 is 0 Å². The third-order valence-electron chi connectivity index (χ3n) is 2.89. The van der Waals surface area contributed by atoms with Gasteiger partial charge in [-0.05, 0) is 17.5 Å². The lowest BCUT2D eigenvalue weighted by Crippen LogP contribution is -2.39. The van der Waals surface area contributed by atoms with Crippen LogP contribution in [0.25, 0.3) is 0 Å². The predicted octanol–water partition coefficient (Wildman–Crippen LogP) is 3.29. The molecule has 0 saturated carbocycles. The van der Waals surface area contributed by atoms with Crippen molar-refractivity contribution in [2.45, 2.75) is 13.8 Å². The number of hydrogen-bond acceptors (Lipinski definition) is 2. The number of ketones is 1. The van der Waals surface area contributed by atoms with Crippen LogP contribution in [0.4, 0.5) is 5.69 Å². The summed E-state index contributed by atoms with van der Waals surface area (Å²) in [6.07, 6.45) is 0. The van der Waals surface area contributed by atoms with Crippen molar-refractivity contribution in [2.24, 2.45) is 5.41 Å². The highest BCUT2D eigenvalue weighted by Crippen LogP contribution is 2.37. The second-order valence-electron chi connectivity index (χ2n) is 5.15. The highest BCUT2D eigenvalue weighted by atomic mass is 79.9. The first kappa shape index (κ1) is 13.6. The topological polar surface area (TPSA) is 37.4 Å². The molecule has 2 rings (SSSR count). The number of para-hydroxylation sites is 1. The van der Waals surface area contributed by atoms with Gasteiger partial charge in [-0.1, -0.05) is 47.4 Å². The highest BCUT2D eigenvalue weighted by molar-refractivity contribution is 9.09. The molecule has 1 aromatic carbocycles. The number of anilines is 1. The number of fused-ring (bicyclic) bond motifs is 1. The molecule has 1 aromatic rings. The zero-order valence-corrected chi connectivity index (χ0v) is 12.5. The Bertz CT molecular complexity index is 528. The van der Waals surface area contributed by atoms with Crippen molar-refractivity contribution in [1.82, 2.24) is 0 Å². The van der Waals surface area contributed by atoms with Gasteiger partial charge in [0.1, 0.15) is 0 Å². The van der Waals surface area contributed by atoms with Crippen LogP contribution < -0.4 is 4.90 Å². The molecule has 3 nitrogen and oxygen atoms in total. The summed E-state index contributed by atoms with van der Waals surface area (Å²) in [5.74, 6) is -0.968. The fourth-order valence-corrected chi connectivity index (χ4v) is 2.39. The van der Waals surface area contributed by atoms with E-state index in [1.165, 1.54) is 4.90 Å². The summed E-state index contributed by atoms with van der Waals surface area (Å²) in [5, 5.41) is 1.18. The Morgan fingerprint density at radius 2 is 2.00 bits per heavy atom. The van der Waals surface area contributed by atoms with E-state index in [4.69, 9.17) is 11.6 Å². The molecular weight excluding hydrogens is 318 g/mol. The molecule has 0 radical (unpaired) electrons. The van der Waals surface area contributed by atoms with Crippen molar-refractivity contribution in [3.8, 4) is 0 Å². The van der Waals surface area contributed by atoms with Crippen LogP contribution in [0.3, 0.4) is 0 Å². The van der Waals surface area contributed by atoms with Crippen LogP contribution in [0.2, 0.25) is 5.02 Å². The fraction of sp³-hybridized carbons (Fsp3) is 0.385. The van der Waals surface area contributed by atoms with Crippen molar-refractivity contribution in [3.63, 3.8) is 0 Å². The minimum absolute atomic E-state index is 0.128. The largest absolute Gasteiger partial charge is 0.303 e. The van der Waals surface area contributed by atoms with E-state index in [0.29, 0.717) is 22.8 Å². The molecule has 1 aliphatic heterocycles.